The lowest BCUT2D eigenvalue weighted by atomic mass is 10.2. The summed E-state index contributed by atoms with van der Waals surface area (Å²) in [7, 11) is -3.33. The highest BCUT2D eigenvalue weighted by molar-refractivity contribution is 7.90. The molecular formula is C16H16ClNO4S. The zero-order valence-electron chi connectivity index (χ0n) is 12.7. The van der Waals surface area contributed by atoms with Gasteiger partial charge in [-0.05, 0) is 42.8 Å². The summed E-state index contributed by atoms with van der Waals surface area (Å²) in [5.41, 5.74) is 1.35. The van der Waals surface area contributed by atoms with Crippen molar-refractivity contribution >= 4 is 33.0 Å². The average molecular weight is 354 g/mol. The van der Waals surface area contributed by atoms with Gasteiger partial charge in [-0.3, -0.25) is 4.79 Å². The number of rotatable bonds is 5. The molecule has 1 amide bonds. The Hall–Kier alpha value is -2.05. The predicted molar refractivity (Wildman–Crippen MR) is 89.9 cm³/mol. The summed E-state index contributed by atoms with van der Waals surface area (Å²) >= 11 is 5.99. The van der Waals surface area contributed by atoms with E-state index in [1.807, 2.05) is 13.0 Å². The van der Waals surface area contributed by atoms with Gasteiger partial charge in [-0.15, -0.1) is 0 Å². The van der Waals surface area contributed by atoms with Crippen LogP contribution in [0.3, 0.4) is 0 Å². The van der Waals surface area contributed by atoms with Gasteiger partial charge in [0.1, 0.15) is 5.75 Å². The van der Waals surface area contributed by atoms with Gasteiger partial charge in [-0.2, -0.15) is 0 Å². The molecular weight excluding hydrogens is 338 g/mol. The van der Waals surface area contributed by atoms with Crippen molar-refractivity contribution in [1.82, 2.24) is 0 Å². The summed E-state index contributed by atoms with van der Waals surface area (Å²) < 4.78 is 28.4. The fourth-order valence-electron chi connectivity index (χ4n) is 1.87. The first-order valence-corrected chi connectivity index (χ1v) is 9.01. The van der Waals surface area contributed by atoms with Crippen LogP contribution in [0.2, 0.25) is 5.02 Å². The number of benzene rings is 2. The van der Waals surface area contributed by atoms with E-state index in [1.54, 1.807) is 24.3 Å². The SMILES string of the molecule is Cc1ccc(Cl)c(OCC(=O)Nc2cccc(S(C)(=O)=O)c2)c1. The summed E-state index contributed by atoms with van der Waals surface area (Å²) in [6.07, 6.45) is 1.11. The average Bonchev–Trinajstić information content (AvgIpc) is 2.47. The van der Waals surface area contributed by atoms with Gasteiger partial charge >= 0.3 is 0 Å². The fraction of sp³-hybridized carbons (Fsp3) is 0.188. The Bertz CT molecular complexity index is 834. The van der Waals surface area contributed by atoms with Crippen LogP contribution in [0.4, 0.5) is 5.69 Å². The largest absolute Gasteiger partial charge is 0.482 e. The summed E-state index contributed by atoms with van der Waals surface area (Å²) in [4.78, 5) is 12.1. The molecule has 0 aliphatic rings. The number of aryl methyl sites for hydroxylation is 1. The molecule has 0 aliphatic heterocycles. The number of halogens is 1. The molecule has 7 heteroatoms. The number of carbonyl (C=O) groups excluding carboxylic acids is 1. The van der Waals surface area contributed by atoms with Crippen LogP contribution in [0.15, 0.2) is 47.4 Å². The van der Waals surface area contributed by atoms with Crippen molar-refractivity contribution in [2.45, 2.75) is 11.8 Å². The maximum Gasteiger partial charge on any atom is 0.262 e. The third kappa shape index (κ3) is 4.97. The molecule has 5 nitrogen and oxygen atoms in total. The van der Waals surface area contributed by atoms with Crippen LogP contribution in [0.1, 0.15) is 5.56 Å². The zero-order chi connectivity index (χ0) is 17.0. The van der Waals surface area contributed by atoms with E-state index in [1.165, 1.54) is 12.1 Å². The predicted octanol–water partition coefficient (Wildman–Crippen LogP) is 3.07. The second-order valence-corrected chi connectivity index (χ2v) is 7.49. The molecule has 0 unspecified atom stereocenters. The summed E-state index contributed by atoms with van der Waals surface area (Å²) in [6.45, 7) is 1.66. The Morgan fingerprint density at radius 2 is 1.96 bits per heavy atom. The number of hydrogen-bond donors (Lipinski definition) is 1. The standard InChI is InChI=1S/C16H16ClNO4S/c1-11-6-7-14(17)15(8-11)22-10-16(19)18-12-4-3-5-13(9-12)23(2,20)21/h3-9H,10H2,1-2H3,(H,18,19). The summed E-state index contributed by atoms with van der Waals surface area (Å²) in [5.74, 6) is 0.0138. The number of hydrogen-bond acceptors (Lipinski definition) is 4. The number of amides is 1. The van der Waals surface area contributed by atoms with Gasteiger partial charge in [-0.1, -0.05) is 23.7 Å². The normalized spacial score (nSPS) is 11.1. The summed E-state index contributed by atoms with van der Waals surface area (Å²) in [5, 5.41) is 3.01. The van der Waals surface area contributed by atoms with Gasteiger partial charge in [0.2, 0.25) is 0 Å². The molecule has 0 saturated heterocycles. The minimum absolute atomic E-state index is 0.137. The van der Waals surface area contributed by atoms with E-state index in [9.17, 15) is 13.2 Å². The van der Waals surface area contributed by atoms with E-state index in [0.29, 0.717) is 16.5 Å². The van der Waals surface area contributed by atoms with Crippen LogP contribution in [0.25, 0.3) is 0 Å². The lowest BCUT2D eigenvalue weighted by Crippen LogP contribution is -2.20. The molecule has 0 radical (unpaired) electrons. The maximum atomic E-state index is 11.9. The van der Waals surface area contributed by atoms with Crippen molar-refractivity contribution in [1.29, 1.82) is 0 Å². The molecule has 0 atom stereocenters. The lowest BCUT2D eigenvalue weighted by Gasteiger charge is -2.10. The lowest BCUT2D eigenvalue weighted by molar-refractivity contribution is -0.118. The van der Waals surface area contributed by atoms with Gasteiger partial charge < -0.3 is 10.1 Å². The van der Waals surface area contributed by atoms with E-state index >= 15 is 0 Å². The Morgan fingerprint density at radius 1 is 1.22 bits per heavy atom. The molecule has 2 rings (SSSR count). The third-order valence-corrected chi connectivity index (χ3v) is 4.41. The van der Waals surface area contributed by atoms with Crippen molar-refractivity contribution in [3.8, 4) is 5.75 Å². The van der Waals surface area contributed by atoms with Crippen molar-refractivity contribution in [2.24, 2.45) is 0 Å². The van der Waals surface area contributed by atoms with E-state index in [-0.39, 0.29) is 11.5 Å². The first-order valence-electron chi connectivity index (χ1n) is 6.74. The molecule has 0 heterocycles. The highest BCUT2D eigenvalue weighted by atomic mass is 35.5. The molecule has 122 valence electrons. The smallest absolute Gasteiger partial charge is 0.262 e. The topological polar surface area (TPSA) is 72.5 Å². The molecule has 0 saturated carbocycles. The van der Waals surface area contributed by atoms with Gasteiger partial charge in [0.15, 0.2) is 16.4 Å². The van der Waals surface area contributed by atoms with Gasteiger partial charge in [0.05, 0.1) is 9.92 Å². The van der Waals surface area contributed by atoms with Gasteiger partial charge in [-0.25, -0.2) is 8.42 Å². The Morgan fingerprint density at radius 3 is 2.65 bits per heavy atom. The Kier molecular flexibility index (Phi) is 5.28. The van der Waals surface area contributed by atoms with E-state index < -0.39 is 15.7 Å². The van der Waals surface area contributed by atoms with E-state index in [4.69, 9.17) is 16.3 Å². The quantitative estimate of drug-likeness (QED) is 0.896. The van der Waals surface area contributed by atoms with Crippen LogP contribution in [0, 0.1) is 6.92 Å². The zero-order valence-corrected chi connectivity index (χ0v) is 14.2. The highest BCUT2D eigenvalue weighted by Crippen LogP contribution is 2.25. The first-order chi connectivity index (χ1) is 10.8. The summed E-state index contributed by atoms with van der Waals surface area (Å²) in [6, 6.07) is 11.3. The molecule has 1 N–H and O–H groups in total. The molecule has 2 aromatic rings. The van der Waals surface area contributed by atoms with Gasteiger partial charge in [0.25, 0.3) is 5.91 Å². The van der Waals surface area contributed by atoms with E-state index in [2.05, 4.69) is 5.32 Å². The Balaban J connectivity index is 2.01. The van der Waals surface area contributed by atoms with Gasteiger partial charge in [0, 0.05) is 11.9 Å². The monoisotopic (exact) mass is 353 g/mol. The fourth-order valence-corrected chi connectivity index (χ4v) is 2.70. The van der Waals surface area contributed by atoms with Crippen LogP contribution in [-0.4, -0.2) is 27.2 Å². The van der Waals surface area contributed by atoms with Crippen LogP contribution < -0.4 is 10.1 Å². The van der Waals surface area contributed by atoms with Crippen molar-refractivity contribution in [3.05, 3.63) is 53.1 Å². The number of ether oxygens (including phenoxy) is 1. The molecule has 2 aromatic carbocycles. The molecule has 23 heavy (non-hydrogen) atoms. The molecule has 0 aromatic heterocycles. The molecule has 0 spiro atoms. The van der Waals surface area contributed by atoms with Crippen LogP contribution in [0.5, 0.6) is 5.75 Å². The van der Waals surface area contributed by atoms with Crippen molar-refractivity contribution in [3.63, 3.8) is 0 Å². The third-order valence-electron chi connectivity index (χ3n) is 2.99. The van der Waals surface area contributed by atoms with Crippen molar-refractivity contribution < 1.29 is 17.9 Å². The number of carbonyl (C=O) groups is 1. The highest BCUT2D eigenvalue weighted by Gasteiger charge is 2.10. The van der Waals surface area contributed by atoms with E-state index in [0.717, 1.165) is 11.8 Å². The number of nitrogens with one attached hydrogen (secondary N) is 1. The molecule has 0 fully saturated rings. The van der Waals surface area contributed by atoms with Crippen molar-refractivity contribution in [2.75, 3.05) is 18.2 Å². The van der Waals surface area contributed by atoms with Crippen LogP contribution in [-0.2, 0) is 14.6 Å². The molecule has 0 aliphatic carbocycles. The molecule has 0 bridgehead atoms. The second kappa shape index (κ2) is 7.02. The minimum atomic E-state index is -3.33. The van der Waals surface area contributed by atoms with Crippen LogP contribution >= 0.6 is 11.6 Å². The second-order valence-electron chi connectivity index (χ2n) is 5.07. The maximum absolute atomic E-state index is 11.9. The number of sulfone groups is 1. The first kappa shape index (κ1) is 17.3. The minimum Gasteiger partial charge on any atom is -0.482 e. The Labute approximate surface area is 140 Å². The number of anilines is 1.